The summed E-state index contributed by atoms with van der Waals surface area (Å²) >= 11 is 0. The van der Waals surface area contributed by atoms with Gasteiger partial charge in [-0.05, 0) is 5.56 Å². The Kier molecular flexibility index (Phi) is 4.46. The highest BCUT2D eigenvalue weighted by molar-refractivity contribution is 5.50. The monoisotopic (exact) mass is 304 g/mol. The summed E-state index contributed by atoms with van der Waals surface area (Å²) in [5.41, 5.74) is 1.50. The van der Waals surface area contributed by atoms with Crippen molar-refractivity contribution in [1.82, 2.24) is 14.9 Å². The topological polar surface area (TPSA) is 79.8 Å². The average molecular weight is 304 g/mol. The molecule has 1 saturated heterocycles. The molecule has 0 N–H and O–H groups in total. The Balaban J connectivity index is 1.74. The molecule has 1 aliphatic rings. The van der Waals surface area contributed by atoms with Gasteiger partial charge in [0.15, 0.2) is 11.5 Å². The molecular formula is C17H16N6. The highest BCUT2D eigenvalue weighted by Gasteiger charge is 2.28. The number of hydrogen-bond acceptors (Lipinski definition) is 6. The van der Waals surface area contributed by atoms with Crippen molar-refractivity contribution in [3.63, 3.8) is 0 Å². The van der Waals surface area contributed by atoms with E-state index in [4.69, 9.17) is 5.26 Å². The van der Waals surface area contributed by atoms with E-state index >= 15 is 0 Å². The van der Waals surface area contributed by atoms with Crippen molar-refractivity contribution < 1.29 is 0 Å². The van der Waals surface area contributed by atoms with Gasteiger partial charge in [-0.3, -0.25) is 4.90 Å². The Morgan fingerprint density at radius 2 is 1.87 bits per heavy atom. The Labute approximate surface area is 135 Å². The second-order valence-corrected chi connectivity index (χ2v) is 5.39. The van der Waals surface area contributed by atoms with Gasteiger partial charge in [-0.25, -0.2) is 9.97 Å². The van der Waals surface area contributed by atoms with Gasteiger partial charge in [-0.1, -0.05) is 30.3 Å². The SMILES string of the molecule is N#Cc1nccnc1N1CCN(Cc2ccccc2)C(C#N)C1. The number of hydrogen-bond donors (Lipinski definition) is 0. The molecule has 0 radical (unpaired) electrons. The number of benzene rings is 1. The van der Waals surface area contributed by atoms with E-state index in [0.29, 0.717) is 18.1 Å². The van der Waals surface area contributed by atoms with Gasteiger partial charge in [0, 0.05) is 38.6 Å². The maximum atomic E-state index is 9.51. The van der Waals surface area contributed by atoms with Crippen molar-refractivity contribution in [3.05, 3.63) is 54.0 Å². The Morgan fingerprint density at radius 1 is 1.09 bits per heavy atom. The van der Waals surface area contributed by atoms with Crippen molar-refractivity contribution >= 4 is 5.82 Å². The van der Waals surface area contributed by atoms with Crippen molar-refractivity contribution in [1.29, 1.82) is 10.5 Å². The summed E-state index contributed by atoms with van der Waals surface area (Å²) in [6.45, 7) is 2.74. The first-order chi connectivity index (χ1) is 11.3. The molecule has 6 heteroatoms. The molecule has 0 aliphatic carbocycles. The smallest absolute Gasteiger partial charge is 0.183 e. The van der Waals surface area contributed by atoms with Crippen LogP contribution in [-0.4, -0.2) is 40.5 Å². The van der Waals surface area contributed by atoms with Crippen molar-refractivity contribution in [2.24, 2.45) is 0 Å². The van der Waals surface area contributed by atoms with Crippen molar-refractivity contribution in [2.75, 3.05) is 24.5 Å². The van der Waals surface area contributed by atoms with Gasteiger partial charge in [-0.2, -0.15) is 10.5 Å². The third-order valence-electron chi connectivity index (χ3n) is 3.95. The molecular weight excluding hydrogens is 288 g/mol. The van der Waals surface area contributed by atoms with Gasteiger partial charge in [0.25, 0.3) is 0 Å². The third-order valence-corrected chi connectivity index (χ3v) is 3.95. The molecule has 1 aromatic heterocycles. The molecule has 1 atom stereocenters. The van der Waals surface area contributed by atoms with Crippen molar-refractivity contribution in [3.8, 4) is 12.1 Å². The van der Waals surface area contributed by atoms with Crippen LogP contribution in [0.25, 0.3) is 0 Å². The fraction of sp³-hybridized carbons (Fsp3) is 0.294. The largest absolute Gasteiger partial charge is 0.350 e. The van der Waals surface area contributed by atoms with Gasteiger partial charge in [0.2, 0.25) is 0 Å². The van der Waals surface area contributed by atoms with Crippen LogP contribution in [0.5, 0.6) is 0 Å². The zero-order valence-corrected chi connectivity index (χ0v) is 12.6. The van der Waals surface area contributed by atoms with Crippen LogP contribution in [0.2, 0.25) is 0 Å². The summed E-state index contributed by atoms with van der Waals surface area (Å²) in [6.07, 6.45) is 3.09. The quantitative estimate of drug-likeness (QED) is 0.856. The molecule has 0 amide bonds. The highest BCUT2D eigenvalue weighted by Crippen LogP contribution is 2.20. The molecule has 1 fully saturated rings. The van der Waals surface area contributed by atoms with Gasteiger partial charge in [0.1, 0.15) is 12.1 Å². The number of aromatic nitrogens is 2. The second kappa shape index (κ2) is 6.87. The lowest BCUT2D eigenvalue weighted by Gasteiger charge is -2.38. The van der Waals surface area contributed by atoms with E-state index in [0.717, 1.165) is 19.6 Å². The maximum Gasteiger partial charge on any atom is 0.183 e. The van der Waals surface area contributed by atoms with Crippen LogP contribution >= 0.6 is 0 Å². The maximum absolute atomic E-state index is 9.51. The first-order valence-electron chi connectivity index (χ1n) is 7.45. The van der Waals surface area contributed by atoms with Crippen LogP contribution < -0.4 is 4.90 Å². The van der Waals surface area contributed by atoms with E-state index in [2.05, 4.69) is 39.1 Å². The second-order valence-electron chi connectivity index (χ2n) is 5.39. The summed E-state index contributed by atoms with van der Waals surface area (Å²) < 4.78 is 0. The molecule has 114 valence electrons. The van der Waals surface area contributed by atoms with Crippen molar-refractivity contribution in [2.45, 2.75) is 12.6 Å². The fourth-order valence-electron chi connectivity index (χ4n) is 2.78. The molecule has 2 aromatic rings. The van der Waals surface area contributed by atoms with Crippen LogP contribution in [-0.2, 0) is 6.54 Å². The zero-order valence-electron chi connectivity index (χ0n) is 12.6. The highest BCUT2D eigenvalue weighted by atomic mass is 15.3. The van der Waals surface area contributed by atoms with Gasteiger partial charge >= 0.3 is 0 Å². The van der Waals surface area contributed by atoms with E-state index in [1.54, 1.807) is 6.20 Å². The predicted molar refractivity (Wildman–Crippen MR) is 85.2 cm³/mol. The minimum Gasteiger partial charge on any atom is -0.350 e. The Morgan fingerprint density at radius 3 is 2.61 bits per heavy atom. The predicted octanol–water partition coefficient (Wildman–Crippen LogP) is 1.56. The van der Waals surface area contributed by atoms with Crippen LogP contribution in [0.3, 0.4) is 0 Å². The molecule has 6 nitrogen and oxygen atoms in total. The van der Waals surface area contributed by atoms with Gasteiger partial charge in [-0.15, -0.1) is 0 Å². The van der Waals surface area contributed by atoms with E-state index < -0.39 is 0 Å². The summed E-state index contributed by atoms with van der Waals surface area (Å²) in [6, 6.07) is 14.3. The molecule has 1 unspecified atom stereocenters. The molecule has 0 saturated carbocycles. The first kappa shape index (κ1) is 15.0. The summed E-state index contributed by atoms with van der Waals surface area (Å²) in [5.74, 6) is 0.564. The first-order valence-corrected chi connectivity index (χ1v) is 7.45. The van der Waals surface area contributed by atoms with Gasteiger partial charge < -0.3 is 4.90 Å². The number of anilines is 1. The minimum atomic E-state index is -0.238. The molecule has 0 bridgehead atoms. The van der Waals surface area contributed by atoms with E-state index in [9.17, 15) is 5.26 Å². The molecule has 0 spiro atoms. The number of nitriles is 2. The molecule has 2 heterocycles. The standard InChI is InChI=1S/C17H16N6/c18-10-15-13-23(17-16(11-19)20-6-7-21-17)9-8-22(15)12-14-4-2-1-3-5-14/h1-7,15H,8-9,12-13H2. The van der Waals surface area contributed by atoms with E-state index in [1.165, 1.54) is 11.8 Å². The van der Waals surface area contributed by atoms with E-state index in [-0.39, 0.29) is 6.04 Å². The molecule has 1 aromatic carbocycles. The fourth-order valence-corrected chi connectivity index (χ4v) is 2.78. The normalized spacial score (nSPS) is 18.2. The molecule has 3 rings (SSSR count). The van der Waals surface area contributed by atoms with Gasteiger partial charge in [0.05, 0.1) is 6.07 Å². The number of rotatable bonds is 3. The summed E-state index contributed by atoms with van der Waals surface area (Å²) in [4.78, 5) is 12.4. The van der Waals surface area contributed by atoms with Crippen LogP contribution in [0, 0.1) is 22.7 Å². The lowest BCUT2D eigenvalue weighted by molar-refractivity contribution is 0.204. The van der Waals surface area contributed by atoms with E-state index in [1.807, 2.05) is 23.1 Å². The zero-order chi connectivity index (χ0) is 16.1. The molecule has 1 aliphatic heterocycles. The van der Waals surface area contributed by atoms with Crippen LogP contribution in [0.1, 0.15) is 11.3 Å². The van der Waals surface area contributed by atoms with Crippen LogP contribution in [0.4, 0.5) is 5.82 Å². The number of nitrogens with zero attached hydrogens (tertiary/aromatic N) is 6. The summed E-state index contributed by atoms with van der Waals surface area (Å²) in [7, 11) is 0. The number of piperazine rings is 1. The third kappa shape index (κ3) is 3.28. The lowest BCUT2D eigenvalue weighted by Crippen LogP contribution is -2.52. The Hall–Kier alpha value is -2.96. The van der Waals surface area contributed by atoms with Crippen LogP contribution in [0.15, 0.2) is 42.7 Å². The molecule has 23 heavy (non-hydrogen) atoms. The Bertz CT molecular complexity index is 746. The minimum absolute atomic E-state index is 0.238. The average Bonchev–Trinajstić information content (AvgIpc) is 2.63. The summed E-state index contributed by atoms with van der Waals surface area (Å²) in [5, 5.41) is 18.7. The lowest BCUT2D eigenvalue weighted by atomic mass is 10.1.